The minimum absolute atomic E-state index is 0.198. The van der Waals surface area contributed by atoms with Crippen LogP contribution in [-0.4, -0.2) is 47.4 Å². The van der Waals surface area contributed by atoms with Crippen molar-refractivity contribution in [2.24, 2.45) is 7.05 Å². The van der Waals surface area contributed by atoms with Gasteiger partial charge in [-0.15, -0.1) is 6.42 Å². The number of benzene rings is 1. The zero-order valence-corrected chi connectivity index (χ0v) is 16.8. The quantitative estimate of drug-likeness (QED) is 0.414. The van der Waals surface area contributed by atoms with E-state index < -0.39 is 11.9 Å². The highest BCUT2D eigenvalue weighted by Crippen LogP contribution is 2.24. The minimum atomic E-state index is -0.720. The summed E-state index contributed by atoms with van der Waals surface area (Å²) in [6, 6.07) is 4.66. The number of piperidine rings is 1. The number of imidazole rings is 1. The number of imide groups is 1. The molecule has 0 aliphatic carbocycles. The third kappa shape index (κ3) is 4.62. The third-order valence-corrected chi connectivity index (χ3v) is 4.78. The van der Waals surface area contributed by atoms with Crippen molar-refractivity contribution in [3.05, 3.63) is 34.2 Å². The number of rotatable bonds is 7. The molecular weight excluding hydrogens is 386 g/mol. The highest BCUT2D eigenvalue weighted by Gasteiger charge is 2.31. The second-order valence-electron chi connectivity index (χ2n) is 6.82. The number of nitrogens with one attached hydrogen (secondary N) is 1. The number of para-hydroxylation sites is 1. The number of hydrogen-bond donors (Lipinski definition) is 1. The van der Waals surface area contributed by atoms with E-state index in [2.05, 4.69) is 23.1 Å². The molecule has 3 rings (SSSR count). The number of nitrogens with zero attached hydrogens (tertiary/aromatic N) is 2. The normalized spacial score (nSPS) is 16.1. The van der Waals surface area contributed by atoms with Gasteiger partial charge in [0.15, 0.2) is 0 Å². The van der Waals surface area contributed by atoms with Crippen LogP contribution in [0.4, 0.5) is 0 Å². The molecule has 8 heteroatoms. The number of carbonyl (C=O) groups excluding carboxylic acids is 2. The molecule has 8 nitrogen and oxygen atoms in total. The van der Waals surface area contributed by atoms with Crippen molar-refractivity contribution in [1.82, 2.24) is 14.5 Å². The van der Waals surface area contributed by atoms with Crippen molar-refractivity contribution >= 4 is 22.8 Å². The van der Waals surface area contributed by atoms with E-state index >= 15 is 0 Å². The van der Waals surface area contributed by atoms with Crippen LogP contribution in [0, 0.1) is 24.2 Å². The Morgan fingerprint density at radius 1 is 1.20 bits per heavy atom. The number of amides is 2. The van der Waals surface area contributed by atoms with Crippen molar-refractivity contribution in [1.29, 1.82) is 0 Å². The van der Waals surface area contributed by atoms with Gasteiger partial charge in [-0.3, -0.25) is 24.0 Å². The summed E-state index contributed by atoms with van der Waals surface area (Å²) in [4.78, 5) is 36.6. The van der Waals surface area contributed by atoms with Crippen LogP contribution in [0.2, 0.25) is 0 Å². The molecule has 0 radical (unpaired) electrons. The number of fused-ring (bicyclic) bond motifs is 1. The Hall–Kier alpha value is -3.33. The van der Waals surface area contributed by atoms with E-state index in [9.17, 15) is 14.4 Å². The molecule has 30 heavy (non-hydrogen) atoms. The first kappa shape index (κ1) is 21.4. The average molecular weight is 409 g/mol. The van der Waals surface area contributed by atoms with E-state index in [-0.39, 0.29) is 24.6 Å². The molecular formula is C22H23N3O5. The lowest BCUT2D eigenvalue weighted by atomic mass is 10.1. The maximum absolute atomic E-state index is 12.9. The first-order valence-electron chi connectivity index (χ1n) is 9.66. The van der Waals surface area contributed by atoms with Crippen LogP contribution in [0.5, 0.6) is 0 Å². The Morgan fingerprint density at radius 2 is 1.97 bits per heavy atom. The summed E-state index contributed by atoms with van der Waals surface area (Å²) >= 11 is 0. The van der Waals surface area contributed by atoms with Crippen LogP contribution in [0.3, 0.4) is 0 Å². The summed E-state index contributed by atoms with van der Waals surface area (Å²) in [6.45, 7) is 1.58. The van der Waals surface area contributed by atoms with E-state index in [1.807, 2.05) is 6.07 Å². The third-order valence-electron chi connectivity index (χ3n) is 4.78. The number of hydrogen-bond acceptors (Lipinski definition) is 5. The van der Waals surface area contributed by atoms with E-state index in [0.717, 1.165) is 6.42 Å². The summed E-state index contributed by atoms with van der Waals surface area (Å²) in [5, 5.41) is 2.30. The van der Waals surface area contributed by atoms with Gasteiger partial charge < -0.3 is 9.47 Å². The lowest BCUT2D eigenvalue weighted by Crippen LogP contribution is -2.44. The van der Waals surface area contributed by atoms with Gasteiger partial charge >= 0.3 is 5.69 Å². The molecule has 1 saturated heterocycles. The predicted octanol–water partition coefficient (Wildman–Crippen LogP) is 0.726. The molecule has 1 aliphatic rings. The molecule has 0 saturated carbocycles. The fourth-order valence-electron chi connectivity index (χ4n) is 3.42. The van der Waals surface area contributed by atoms with Gasteiger partial charge in [0.05, 0.1) is 29.8 Å². The first-order valence-corrected chi connectivity index (χ1v) is 9.66. The SMILES string of the molecule is C#CCOCCCOCC#Cc1cccc2c1n(C)c(=O)n2C1CCC(=O)NC1=O. The summed E-state index contributed by atoms with van der Waals surface area (Å²) in [6.07, 6.45) is 6.31. The topological polar surface area (TPSA) is 91.6 Å². The van der Waals surface area contributed by atoms with Gasteiger partial charge in [0.1, 0.15) is 19.3 Å². The molecule has 156 valence electrons. The van der Waals surface area contributed by atoms with Gasteiger partial charge in [-0.25, -0.2) is 4.79 Å². The Morgan fingerprint density at radius 3 is 2.70 bits per heavy atom. The van der Waals surface area contributed by atoms with Gasteiger partial charge in [-0.2, -0.15) is 0 Å². The molecule has 1 atom stereocenters. The van der Waals surface area contributed by atoms with Gasteiger partial charge in [0.25, 0.3) is 0 Å². The fraction of sp³-hybridized carbons (Fsp3) is 0.409. The molecule has 1 fully saturated rings. The maximum Gasteiger partial charge on any atom is 0.329 e. The van der Waals surface area contributed by atoms with E-state index in [1.165, 1.54) is 9.13 Å². The van der Waals surface area contributed by atoms with E-state index in [0.29, 0.717) is 42.8 Å². The van der Waals surface area contributed by atoms with Gasteiger partial charge in [-0.05, 0) is 25.0 Å². The number of aryl methyl sites for hydroxylation is 1. The largest absolute Gasteiger partial charge is 0.369 e. The van der Waals surface area contributed by atoms with Crippen molar-refractivity contribution in [3.63, 3.8) is 0 Å². The monoisotopic (exact) mass is 409 g/mol. The molecule has 1 aromatic heterocycles. The highest BCUT2D eigenvalue weighted by atomic mass is 16.5. The minimum Gasteiger partial charge on any atom is -0.369 e. The lowest BCUT2D eigenvalue weighted by Gasteiger charge is -2.21. The van der Waals surface area contributed by atoms with Gasteiger partial charge in [0.2, 0.25) is 11.8 Å². The molecule has 2 aromatic rings. The Kier molecular flexibility index (Phi) is 7.08. The molecule has 2 heterocycles. The molecule has 1 aromatic carbocycles. The second-order valence-corrected chi connectivity index (χ2v) is 6.82. The van der Waals surface area contributed by atoms with Crippen molar-refractivity contribution in [2.75, 3.05) is 26.4 Å². The van der Waals surface area contributed by atoms with E-state index in [1.54, 1.807) is 19.2 Å². The van der Waals surface area contributed by atoms with Crippen LogP contribution < -0.4 is 11.0 Å². The van der Waals surface area contributed by atoms with Gasteiger partial charge in [-0.1, -0.05) is 23.8 Å². The lowest BCUT2D eigenvalue weighted by molar-refractivity contribution is -0.135. The van der Waals surface area contributed by atoms with Crippen molar-refractivity contribution < 1.29 is 19.1 Å². The predicted molar refractivity (Wildman–Crippen MR) is 111 cm³/mol. The molecule has 0 bridgehead atoms. The van der Waals surface area contributed by atoms with Crippen LogP contribution >= 0.6 is 0 Å². The fourth-order valence-corrected chi connectivity index (χ4v) is 3.42. The molecule has 2 amide bonds. The zero-order valence-electron chi connectivity index (χ0n) is 16.8. The average Bonchev–Trinajstić information content (AvgIpc) is 2.98. The highest BCUT2D eigenvalue weighted by molar-refractivity contribution is 6.00. The molecule has 1 N–H and O–H groups in total. The number of aromatic nitrogens is 2. The zero-order chi connectivity index (χ0) is 21.5. The molecule has 0 spiro atoms. The van der Waals surface area contributed by atoms with E-state index in [4.69, 9.17) is 15.9 Å². The van der Waals surface area contributed by atoms with Crippen molar-refractivity contribution in [3.8, 4) is 24.2 Å². The van der Waals surface area contributed by atoms with Gasteiger partial charge in [0, 0.05) is 13.5 Å². The van der Waals surface area contributed by atoms with Crippen LogP contribution in [0.25, 0.3) is 11.0 Å². The summed E-state index contributed by atoms with van der Waals surface area (Å²) in [5.41, 5.74) is 1.59. The van der Waals surface area contributed by atoms with Crippen LogP contribution in [0.1, 0.15) is 30.9 Å². The first-order chi connectivity index (χ1) is 14.5. The number of terminal acetylenes is 1. The standard InChI is InChI=1S/C22H23N3O5/c1-3-12-29-14-6-15-30-13-5-8-16-7-4-9-17-20(16)24(2)22(28)25(17)18-10-11-19(26)23-21(18)27/h1,4,7,9,18H,6,10-15H2,2H3,(H,23,26,27). The smallest absolute Gasteiger partial charge is 0.329 e. The van der Waals surface area contributed by atoms with Crippen LogP contribution in [-0.2, 0) is 26.1 Å². The summed E-state index contributed by atoms with van der Waals surface area (Å²) in [7, 11) is 1.64. The van der Waals surface area contributed by atoms with Crippen molar-refractivity contribution in [2.45, 2.75) is 25.3 Å². The molecule has 1 aliphatic heterocycles. The second kappa shape index (κ2) is 9.93. The Labute approximate surface area is 174 Å². The number of carbonyl (C=O) groups is 2. The number of ether oxygens (including phenoxy) is 2. The summed E-state index contributed by atoms with van der Waals surface area (Å²) in [5.74, 6) is 7.61. The molecule has 1 unspecified atom stereocenters. The Balaban J connectivity index is 1.76. The summed E-state index contributed by atoms with van der Waals surface area (Å²) < 4.78 is 13.5. The maximum atomic E-state index is 12.9. The van der Waals surface area contributed by atoms with Crippen LogP contribution in [0.15, 0.2) is 23.0 Å². The Bertz CT molecular complexity index is 1110.